The molecule has 1 aromatic heterocycles. The number of hydrazine groups is 1. The van der Waals surface area contributed by atoms with Crippen molar-refractivity contribution in [1.82, 2.24) is 20.0 Å². The minimum absolute atomic E-state index is 0.108. The molecular formula is C21H21ClN4O. The average molecular weight is 381 g/mol. The zero-order valence-corrected chi connectivity index (χ0v) is 16.2. The largest absolute Gasteiger partial charge is 0.338 e. The molecule has 2 aliphatic rings. The molecule has 138 valence electrons. The van der Waals surface area contributed by atoms with Crippen molar-refractivity contribution < 1.29 is 4.79 Å². The molecule has 0 radical (unpaired) electrons. The monoisotopic (exact) mass is 380 g/mol. The fourth-order valence-corrected chi connectivity index (χ4v) is 4.46. The van der Waals surface area contributed by atoms with Crippen LogP contribution in [-0.4, -0.2) is 45.0 Å². The smallest absolute Gasteiger partial charge is 0.268 e. The molecule has 1 N–H and O–H groups in total. The Labute approximate surface area is 162 Å². The van der Waals surface area contributed by atoms with E-state index >= 15 is 0 Å². The molecule has 0 atom stereocenters. The summed E-state index contributed by atoms with van der Waals surface area (Å²) in [5.74, 6) is 0.907. The Morgan fingerprint density at radius 3 is 2.59 bits per heavy atom. The number of carbonyl (C=O) groups is 1. The standard InChI is InChI=1S/C21H21ClN4O/c1-12-9-14(21(27)26-15-5-7-25(26)8-6-15)3-4-16(12)20-23-18-10-13(2)17(22)11-19(18)24-20/h3-4,9-11,15H,5-8H2,1-2H3,(H,23,24). The van der Waals surface area contributed by atoms with Gasteiger partial charge in [-0.25, -0.2) is 9.99 Å². The average Bonchev–Trinajstić information content (AvgIpc) is 3.35. The first kappa shape index (κ1) is 16.8. The summed E-state index contributed by atoms with van der Waals surface area (Å²) < 4.78 is 0. The Balaban J connectivity index is 1.49. The maximum Gasteiger partial charge on any atom is 0.268 e. The van der Waals surface area contributed by atoms with E-state index in [2.05, 4.69) is 15.0 Å². The molecule has 6 heteroatoms. The van der Waals surface area contributed by atoms with E-state index < -0.39 is 0 Å². The van der Waals surface area contributed by atoms with Crippen LogP contribution in [0.5, 0.6) is 0 Å². The van der Waals surface area contributed by atoms with Crippen molar-refractivity contribution in [2.24, 2.45) is 0 Å². The maximum absolute atomic E-state index is 13.0. The van der Waals surface area contributed by atoms with Crippen molar-refractivity contribution in [2.75, 3.05) is 13.1 Å². The van der Waals surface area contributed by atoms with Gasteiger partial charge < -0.3 is 4.98 Å². The lowest BCUT2D eigenvalue weighted by Gasteiger charge is -2.24. The van der Waals surface area contributed by atoms with Gasteiger partial charge in [0, 0.05) is 29.2 Å². The number of aromatic amines is 1. The predicted octanol–water partition coefficient (Wildman–Crippen LogP) is 4.34. The minimum atomic E-state index is 0.108. The van der Waals surface area contributed by atoms with Crippen molar-refractivity contribution in [2.45, 2.75) is 32.7 Å². The van der Waals surface area contributed by atoms with Crippen LogP contribution in [0.25, 0.3) is 22.4 Å². The van der Waals surface area contributed by atoms with Gasteiger partial charge in [0.1, 0.15) is 5.82 Å². The minimum Gasteiger partial charge on any atom is -0.338 e. The van der Waals surface area contributed by atoms with E-state index in [0.717, 1.165) is 65.0 Å². The Morgan fingerprint density at radius 2 is 1.93 bits per heavy atom. The van der Waals surface area contributed by atoms with Crippen molar-refractivity contribution in [3.05, 3.63) is 52.0 Å². The summed E-state index contributed by atoms with van der Waals surface area (Å²) in [7, 11) is 0. The Morgan fingerprint density at radius 1 is 1.15 bits per heavy atom. The lowest BCUT2D eigenvalue weighted by molar-refractivity contribution is 0.0334. The second-order valence-electron chi connectivity index (χ2n) is 7.57. The molecule has 2 aromatic carbocycles. The van der Waals surface area contributed by atoms with Crippen LogP contribution in [0.1, 0.15) is 34.3 Å². The van der Waals surface area contributed by atoms with Gasteiger partial charge in [-0.05, 0) is 62.1 Å². The number of hydrogen-bond acceptors (Lipinski definition) is 3. The van der Waals surface area contributed by atoms with Crippen LogP contribution >= 0.6 is 11.6 Å². The lowest BCUT2D eigenvalue weighted by atomic mass is 10.0. The van der Waals surface area contributed by atoms with Crippen molar-refractivity contribution in [3.8, 4) is 11.4 Å². The van der Waals surface area contributed by atoms with Crippen molar-refractivity contribution >= 4 is 28.5 Å². The highest BCUT2D eigenvalue weighted by Crippen LogP contribution is 2.32. The van der Waals surface area contributed by atoms with Crippen LogP contribution in [0.15, 0.2) is 30.3 Å². The van der Waals surface area contributed by atoms with Crippen molar-refractivity contribution in [1.29, 1.82) is 0 Å². The third-order valence-corrected chi connectivity index (χ3v) is 6.20. The first-order chi connectivity index (χ1) is 13.0. The number of imidazole rings is 1. The Hall–Kier alpha value is -2.37. The summed E-state index contributed by atoms with van der Waals surface area (Å²) in [6.45, 7) is 5.99. The van der Waals surface area contributed by atoms with E-state index in [1.807, 2.05) is 49.2 Å². The quantitative estimate of drug-likeness (QED) is 0.719. The number of amides is 1. The highest BCUT2D eigenvalue weighted by Gasteiger charge is 2.41. The molecule has 0 saturated carbocycles. The SMILES string of the molecule is Cc1cc2[nH]c(-c3ccc(C(=O)N4C5CCN4CC5)cc3C)nc2cc1Cl. The van der Waals surface area contributed by atoms with E-state index in [1.54, 1.807) is 0 Å². The predicted molar refractivity (Wildman–Crippen MR) is 107 cm³/mol. The number of fused-ring (bicyclic) bond motifs is 3. The lowest BCUT2D eigenvalue weighted by Crippen LogP contribution is -2.38. The van der Waals surface area contributed by atoms with Gasteiger partial charge in [0.25, 0.3) is 5.91 Å². The number of nitrogens with one attached hydrogen (secondary N) is 1. The van der Waals surface area contributed by atoms with Gasteiger partial charge in [-0.15, -0.1) is 0 Å². The fraction of sp³-hybridized carbons (Fsp3) is 0.333. The van der Waals surface area contributed by atoms with Crippen LogP contribution in [0.4, 0.5) is 0 Å². The summed E-state index contributed by atoms with van der Waals surface area (Å²) in [4.78, 5) is 21.0. The van der Waals surface area contributed by atoms with Crippen LogP contribution < -0.4 is 0 Å². The molecule has 3 heterocycles. The van der Waals surface area contributed by atoms with Crippen molar-refractivity contribution in [3.63, 3.8) is 0 Å². The van der Waals surface area contributed by atoms with Gasteiger partial charge in [0.2, 0.25) is 0 Å². The summed E-state index contributed by atoms with van der Waals surface area (Å²) in [6.07, 6.45) is 2.17. The molecule has 0 unspecified atom stereocenters. The number of hydrogen-bond donors (Lipinski definition) is 1. The number of benzene rings is 2. The number of nitrogens with zero attached hydrogens (tertiary/aromatic N) is 3. The molecule has 5 nitrogen and oxygen atoms in total. The molecule has 5 rings (SSSR count). The summed E-state index contributed by atoms with van der Waals surface area (Å²) in [6, 6.07) is 10.1. The van der Waals surface area contributed by atoms with Gasteiger partial charge in [-0.3, -0.25) is 9.80 Å². The highest BCUT2D eigenvalue weighted by atomic mass is 35.5. The molecule has 2 aliphatic heterocycles. The van der Waals surface area contributed by atoms with E-state index in [-0.39, 0.29) is 5.91 Å². The molecule has 1 amide bonds. The maximum atomic E-state index is 13.0. The molecule has 3 aromatic rings. The second kappa shape index (κ2) is 6.08. The Bertz CT molecular complexity index is 1010. The zero-order chi connectivity index (χ0) is 18.7. The van der Waals surface area contributed by atoms with Crippen LogP contribution in [0.2, 0.25) is 5.02 Å². The van der Waals surface area contributed by atoms with Gasteiger partial charge in [-0.2, -0.15) is 0 Å². The van der Waals surface area contributed by atoms with Gasteiger partial charge in [-0.1, -0.05) is 17.7 Å². The van der Waals surface area contributed by atoms with Crippen LogP contribution in [0.3, 0.4) is 0 Å². The molecule has 2 saturated heterocycles. The number of aryl methyl sites for hydroxylation is 2. The van der Waals surface area contributed by atoms with Crippen LogP contribution in [-0.2, 0) is 0 Å². The summed E-state index contributed by atoms with van der Waals surface area (Å²) in [5.41, 5.74) is 5.61. The first-order valence-electron chi connectivity index (χ1n) is 9.36. The molecule has 2 fully saturated rings. The number of H-pyrrole nitrogens is 1. The third-order valence-electron chi connectivity index (χ3n) is 5.79. The van der Waals surface area contributed by atoms with E-state index in [0.29, 0.717) is 11.1 Å². The van der Waals surface area contributed by atoms with Gasteiger partial charge in [0.15, 0.2) is 0 Å². The summed E-state index contributed by atoms with van der Waals surface area (Å²) >= 11 is 6.22. The van der Waals surface area contributed by atoms with Crippen LogP contribution in [0, 0.1) is 13.8 Å². The van der Waals surface area contributed by atoms with E-state index in [4.69, 9.17) is 11.6 Å². The molecule has 0 spiro atoms. The molecule has 0 aliphatic carbocycles. The molecule has 27 heavy (non-hydrogen) atoms. The number of carbonyl (C=O) groups excluding carboxylic acids is 1. The number of aromatic nitrogens is 2. The molecule has 2 bridgehead atoms. The summed E-state index contributed by atoms with van der Waals surface area (Å²) in [5, 5.41) is 4.86. The fourth-order valence-electron chi connectivity index (χ4n) is 4.30. The number of rotatable bonds is 2. The Kier molecular flexibility index (Phi) is 3.78. The third kappa shape index (κ3) is 2.65. The number of piperidine rings is 1. The normalized spacial score (nSPS) is 21.4. The first-order valence-corrected chi connectivity index (χ1v) is 9.74. The number of halogens is 1. The molecular weight excluding hydrogens is 360 g/mol. The highest BCUT2D eigenvalue weighted by molar-refractivity contribution is 6.32. The van der Waals surface area contributed by atoms with Gasteiger partial charge >= 0.3 is 0 Å². The van der Waals surface area contributed by atoms with E-state index in [9.17, 15) is 4.79 Å². The second-order valence-corrected chi connectivity index (χ2v) is 7.98. The van der Waals surface area contributed by atoms with Gasteiger partial charge in [0.05, 0.1) is 17.1 Å². The zero-order valence-electron chi connectivity index (χ0n) is 15.4. The topological polar surface area (TPSA) is 52.2 Å². The van der Waals surface area contributed by atoms with E-state index in [1.165, 1.54) is 0 Å².